The van der Waals surface area contributed by atoms with Crippen LogP contribution in [0.4, 0.5) is 0 Å². The fourth-order valence-electron chi connectivity index (χ4n) is 2.15. The number of rotatable bonds is 13. The van der Waals surface area contributed by atoms with Gasteiger partial charge in [-0.05, 0) is 32.4 Å². The summed E-state index contributed by atoms with van der Waals surface area (Å²) in [5, 5.41) is 3.01. The molecule has 0 fully saturated rings. The molecule has 0 aliphatic rings. The third-order valence-corrected chi connectivity index (χ3v) is 3.38. The highest BCUT2D eigenvalue weighted by molar-refractivity contribution is 5.75. The quantitative estimate of drug-likeness (QED) is 0.519. The lowest BCUT2D eigenvalue weighted by atomic mass is 10.2. The Morgan fingerprint density at radius 3 is 2.16 bits per heavy atom. The predicted molar refractivity (Wildman–Crippen MR) is 83.4 cm³/mol. The van der Waals surface area contributed by atoms with Crippen LogP contribution in [-0.4, -0.2) is 37.0 Å². The van der Waals surface area contributed by atoms with E-state index in [9.17, 15) is 4.79 Å². The van der Waals surface area contributed by atoms with Gasteiger partial charge < -0.3 is 10.2 Å². The zero-order valence-corrected chi connectivity index (χ0v) is 13.3. The second kappa shape index (κ2) is 13.9. The zero-order valence-electron chi connectivity index (χ0n) is 13.3. The summed E-state index contributed by atoms with van der Waals surface area (Å²) >= 11 is 0. The van der Waals surface area contributed by atoms with Crippen LogP contribution < -0.4 is 5.32 Å². The van der Waals surface area contributed by atoms with E-state index in [4.69, 9.17) is 0 Å². The molecule has 0 aliphatic heterocycles. The molecule has 0 saturated heterocycles. The van der Waals surface area contributed by atoms with Crippen molar-refractivity contribution in [3.05, 3.63) is 0 Å². The van der Waals surface area contributed by atoms with Gasteiger partial charge in [0.15, 0.2) is 0 Å². The third-order valence-electron chi connectivity index (χ3n) is 3.38. The second-order valence-electron chi connectivity index (χ2n) is 5.36. The van der Waals surface area contributed by atoms with Crippen molar-refractivity contribution >= 4 is 5.91 Å². The van der Waals surface area contributed by atoms with Gasteiger partial charge in [0.25, 0.3) is 0 Å². The molecule has 114 valence electrons. The van der Waals surface area contributed by atoms with Gasteiger partial charge in [0.2, 0.25) is 5.91 Å². The SMILES string of the molecule is CCCCCCN(CCCC)CCNC(=O)CCC. The van der Waals surface area contributed by atoms with Crippen LogP contribution in [0.15, 0.2) is 0 Å². The number of unbranched alkanes of at least 4 members (excludes halogenated alkanes) is 4. The summed E-state index contributed by atoms with van der Waals surface area (Å²) in [6.45, 7) is 10.7. The number of carbonyl (C=O) groups excluding carboxylic acids is 1. The summed E-state index contributed by atoms with van der Waals surface area (Å²) in [5.74, 6) is 0.198. The van der Waals surface area contributed by atoms with Crippen LogP contribution in [0.5, 0.6) is 0 Å². The van der Waals surface area contributed by atoms with Crippen LogP contribution in [0.1, 0.15) is 72.1 Å². The molecular weight excluding hydrogens is 236 g/mol. The van der Waals surface area contributed by atoms with Crippen LogP contribution in [0.2, 0.25) is 0 Å². The lowest BCUT2D eigenvalue weighted by Gasteiger charge is -2.22. The lowest BCUT2D eigenvalue weighted by Crippen LogP contribution is -2.36. The topological polar surface area (TPSA) is 32.3 Å². The van der Waals surface area contributed by atoms with Crippen molar-refractivity contribution in [1.82, 2.24) is 10.2 Å². The summed E-state index contributed by atoms with van der Waals surface area (Å²) in [6.07, 6.45) is 9.36. The van der Waals surface area contributed by atoms with E-state index in [1.165, 1.54) is 51.6 Å². The largest absolute Gasteiger partial charge is 0.355 e. The van der Waals surface area contributed by atoms with Gasteiger partial charge in [-0.15, -0.1) is 0 Å². The Labute approximate surface area is 120 Å². The number of hydrogen-bond donors (Lipinski definition) is 1. The molecule has 0 rings (SSSR count). The van der Waals surface area contributed by atoms with E-state index < -0.39 is 0 Å². The molecule has 3 heteroatoms. The molecule has 0 aromatic heterocycles. The average molecular weight is 270 g/mol. The van der Waals surface area contributed by atoms with Crippen molar-refractivity contribution in [2.24, 2.45) is 0 Å². The minimum atomic E-state index is 0.198. The molecule has 19 heavy (non-hydrogen) atoms. The number of nitrogens with zero attached hydrogens (tertiary/aromatic N) is 1. The van der Waals surface area contributed by atoms with E-state index >= 15 is 0 Å². The molecule has 0 unspecified atom stereocenters. The lowest BCUT2D eigenvalue weighted by molar-refractivity contribution is -0.121. The van der Waals surface area contributed by atoms with Gasteiger partial charge >= 0.3 is 0 Å². The van der Waals surface area contributed by atoms with Crippen LogP contribution >= 0.6 is 0 Å². The molecule has 1 amide bonds. The van der Waals surface area contributed by atoms with Gasteiger partial charge in [-0.3, -0.25) is 4.79 Å². The van der Waals surface area contributed by atoms with Crippen molar-refractivity contribution in [2.75, 3.05) is 26.2 Å². The first-order valence-electron chi connectivity index (χ1n) is 8.23. The molecule has 0 aromatic rings. The Morgan fingerprint density at radius 1 is 0.842 bits per heavy atom. The van der Waals surface area contributed by atoms with Crippen molar-refractivity contribution in [1.29, 1.82) is 0 Å². The number of nitrogens with one attached hydrogen (secondary N) is 1. The Balaban J connectivity index is 3.75. The molecule has 0 heterocycles. The van der Waals surface area contributed by atoms with E-state index in [1.54, 1.807) is 0 Å². The highest BCUT2D eigenvalue weighted by atomic mass is 16.1. The minimum Gasteiger partial charge on any atom is -0.355 e. The first kappa shape index (κ1) is 18.4. The summed E-state index contributed by atoms with van der Waals surface area (Å²) in [7, 11) is 0. The van der Waals surface area contributed by atoms with E-state index in [0.717, 1.165) is 19.5 Å². The number of hydrogen-bond acceptors (Lipinski definition) is 2. The van der Waals surface area contributed by atoms with Gasteiger partial charge in [0.1, 0.15) is 0 Å². The summed E-state index contributed by atoms with van der Waals surface area (Å²) < 4.78 is 0. The highest BCUT2D eigenvalue weighted by Gasteiger charge is 2.05. The fourth-order valence-corrected chi connectivity index (χ4v) is 2.15. The molecule has 0 aliphatic carbocycles. The maximum absolute atomic E-state index is 11.4. The van der Waals surface area contributed by atoms with Gasteiger partial charge in [-0.1, -0.05) is 46.5 Å². The maximum atomic E-state index is 11.4. The van der Waals surface area contributed by atoms with Crippen LogP contribution in [0.3, 0.4) is 0 Å². The van der Waals surface area contributed by atoms with Gasteiger partial charge in [-0.25, -0.2) is 0 Å². The molecule has 0 atom stereocenters. The molecule has 0 aromatic carbocycles. The van der Waals surface area contributed by atoms with Crippen molar-refractivity contribution in [3.8, 4) is 0 Å². The smallest absolute Gasteiger partial charge is 0.220 e. The highest BCUT2D eigenvalue weighted by Crippen LogP contribution is 2.02. The predicted octanol–water partition coefficient (Wildman–Crippen LogP) is 3.59. The third kappa shape index (κ3) is 12.2. The first-order valence-corrected chi connectivity index (χ1v) is 8.23. The normalized spacial score (nSPS) is 10.9. The van der Waals surface area contributed by atoms with Crippen molar-refractivity contribution < 1.29 is 4.79 Å². The minimum absolute atomic E-state index is 0.198. The Hall–Kier alpha value is -0.570. The van der Waals surface area contributed by atoms with Crippen molar-refractivity contribution in [2.45, 2.75) is 72.1 Å². The Bertz CT molecular complexity index is 207. The Morgan fingerprint density at radius 2 is 1.53 bits per heavy atom. The number of amides is 1. The van der Waals surface area contributed by atoms with Gasteiger partial charge in [0.05, 0.1) is 0 Å². The molecule has 0 spiro atoms. The Kier molecular flexibility index (Phi) is 13.4. The van der Waals surface area contributed by atoms with Crippen LogP contribution in [0.25, 0.3) is 0 Å². The van der Waals surface area contributed by atoms with E-state index in [0.29, 0.717) is 6.42 Å². The van der Waals surface area contributed by atoms with E-state index in [-0.39, 0.29) is 5.91 Å². The molecule has 0 radical (unpaired) electrons. The monoisotopic (exact) mass is 270 g/mol. The molecular formula is C16H34N2O. The standard InChI is InChI=1S/C16H34N2O/c1-4-7-9-10-14-18(13-8-5-2)15-12-17-16(19)11-6-3/h4-15H2,1-3H3,(H,17,19). The van der Waals surface area contributed by atoms with Crippen LogP contribution in [0, 0.1) is 0 Å². The first-order chi connectivity index (χ1) is 9.24. The zero-order chi connectivity index (χ0) is 14.3. The summed E-state index contributed by atoms with van der Waals surface area (Å²) in [6, 6.07) is 0. The summed E-state index contributed by atoms with van der Waals surface area (Å²) in [5.41, 5.74) is 0. The molecule has 1 N–H and O–H groups in total. The van der Waals surface area contributed by atoms with Gasteiger partial charge in [-0.2, -0.15) is 0 Å². The van der Waals surface area contributed by atoms with E-state index in [1.807, 2.05) is 6.92 Å². The molecule has 3 nitrogen and oxygen atoms in total. The van der Waals surface area contributed by atoms with Crippen LogP contribution in [-0.2, 0) is 4.79 Å². The van der Waals surface area contributed by atoms with E-state index in [2.05, 4.69) is 24.1 Å². The van der Waals surface area contributed by atoms with Gasteiger partial charge in [0, 0.05) is 19.5 Å². The fraction of sp³-hybridized carbons (Fsp3) is 0.938. The summed E-state index contributed by atoms with van der Waals surface area (Å²) in [4.78, 5) is 13.9. The molecule has 0 bridgehead atoms. The number of carbonyl (C=O) groups is 1. The average Bonchev–Trinajstić information content (AvgIpc) is 2.40. The van der Waals surface area contributed by atoms with Crippen molar-refractivity contribution in [3.63, 3.8) is 0 Å². The second-order valence-corrected chi connectivity index (χ2v) is 5.36. The molecule has 0 saturated carbocycles. The maximum Gasteiger partial charge on any atom is 0.220 e.